The van der Waals surface area contributed by atoms with E-state index in [1.807, 2.05) is 0 Å². The molecule has 2 aromatic rings. The molecule has 1 aliphatic heterocycles. The molecular weight excluding hydrogens is 364 g/mol. The Morgan fingerprint density at radius 2 is 1.86 bits per heavy atom. The van der Waals surface area contributed by atoms with E-state index in [1.54, 1.807) is 18.2 Å². The number of carbonyl (C=O) groups excluding carboxylic acids is 1. The molecule has 2 N–H and O–H groups in total. The largest absolute Gasteiger partial charge is 0.433 e. The first-order chi connectivity index (χ1) is 13.4. The van der Waals surface area contributed by atoms with Gasteiger partial charge in [0.15, 0.2) is 6.54 Å². The van der Waals surface area contributed by atoms with Crippen molar-refractivity contribution in [1.29, 1.82) is 0 Å². The first-order valence-electron chi connectivity index (χ1n) is 9.42. The van der Waals surface area contributed by atoms with Gasteiger partial charge in [0.25, 0.3) is 5.91 Å². The molecule has 28 heavy (non-hydrogen) atoms. The minimum Gasteiger partial charge on any atom is -0.433 e. The molecule has 0 unspecified atom stereocenters. The van der Waals surface area contributed by atoms with Gasteiger partial charge in [0.1, 0.15) is 5.75 Å². The second kappa shape index (κ2) is 9.01. The lowest BCUT2D eigenvalue weighted by Gasteiger charge is -2.34. The number of alkyl halides is 2. The van der Waals surface area contributed by atoms with E-state index in [2.05, 4.69) is 47.0 Å². The molecule has 150 valence electrons. The van der Waals surface area contributed by atoms with Crippen LogP contribution in [0.1, 0.15) is 11.1 Å². The summed E-state index contributed by atoms with van der Waals surface area (Å²) >= 11 is 0. The highest BCUT2D eigenvalue weighted by Crippen LogP contribution is 2.25. The molecule has 2 aromatic carbocycles. The minimum absolute atomic E-state index is 0.0272. The van der Waals surface area contributed by atoms with Crippen LogP contribution in [0.4, 0.5) is 20.2 Å². The molecule has 1 saturated heterocycles. The number of carbonyl (C=O) groups is 1. The van der Waals surface area contributed by atoms with E-state index in [0.717, 1.165) is 26.2 Å². The van der Waals surface area contributed by atoms with Crippen LogP contribution in [0.15, 0.2) is 42.5 Å². The lowest BCUT2D eigenvalue weighted by molar-refractivity contribution is -0.892. The van der Waals surface area contributed by atoms with Crippen LogP contribution >= 0.6 is 0 Å². The zero-order valence-electron chi connectivity index (χ0n) is 16.2. The van der Waals surface area contributed by atoms with Gasteiger partial charge in [-0.15, -0.1) is 0 Å². The minimum atomic E-state index is -2.93. The van der Waals surface area contributed by atoms with Gasteiger partial charge in [-0.1, -0.05) is 24.3 Å². The van der Waals surface area contributed by atoms with Crippen molar-refractivity contribution in [3.05, 3.63) is 53.6 Å². The number of benzene rings is 2. The Kier molecular flexibility index (Phi) is 6.46. The third kappa shape index (κ3) is 4.98. The molecule has 1 fully saturated rings. The zero-order valence-corrected chi connectivity index (χ0v) is 16.2. The van der Waals surface area contributed by atoms with Crippen LogP contribution in [0.2, 0.25) is 0 Å². The molecule has 0 radical (unpaired) electrons. The number of anilines is 2. The maximum absolute atomic E-state index is 12.5. The smallest absolute Gasteiger partial charge is 0.387 e. The van der Waals surface area contributed by atoms with Crippen molar-refractivity contribution in [1.82, 2.24) is 0 Å². The number of quaternary nitrogens is 1. The summed E-state index contributed by atoms with van der Waals surface area (Å²) in [6.07, 6.45) is 0. The topological polar surface area (TPSA) is 46.0 Å². The molecule has 0 aliphatic carbocycles. The Labute approximate surface area is 163 Å². The van der Waals surface area contributed by atoms with Gasteiger partial charge in [0, 0.05) is 5.69 Å². The number of nitrogens with zero attached hydrogens (tertiary/aromatic N) is 1. The molecule has 1 aliphatic rings. The Morgan fingerprint density at radius 3 is 2.57 bits per heavy atom. The normalized spacial score (nSPS) is 15.0. The van der Waals surface area contributed by atoms with E-state index >= 15 is 0 Å². The van der Waals surface area contributed by atoms with E-state index in [4.69, 9.17) is 0 Å². The van der Waals surface area contributed by atoms with Crippen molar-refractivity contribution in [3.8, 4) is 5.75 Å². The standard InChI is InChI=1S/C21H25F2N3O2/c1-15-6-5-8-18(16(15)2)26-12-10-25(11-13-26)14-20(27)24-17-7-3-4-9-19(17)28-21(22)23/h3-9,21H,10-14H2,1-2H3,(H,24,27)/p+1. The van der Waals surface area contributed by atoms with Gasteiger partial charge < -0.3 is 19.9 Å². The number of aryl methyl sites for hydroxylation is 1. The summed E-state index contributed by atoms with van der Waals surface area (Å²) in [7, 11) is 0. The van der Waals surface area contributed by atoms with Crippen molar-refractivity contribution in [2.24, 2.45) is 0 Å². The fourth-order valence-corrected chi connectivity index (χ4v) is 3.51. The number of ether oxygens (including phenoxy) is 1. The Balaban J connectivity index is 1.54. The van der Waals surface area contributed by atoms with Gasteiger partial charge >= 0.3 is 6.61 Å². The molecule has 0 atom stereocenters. The van der Waals surface area contributed by atoms with Crippen LogP contribution in [-0.2, 0) is 4.79 Å². The number of nitrogens with one attached hydrogen (secondary N) is 2. The molecule has 0 spiro atoms. The quantitative estimate of drug-likeness (QED) is 0.795. The number of rotatable bonds is 6. The lowest BCUT2D eigenvalue weighted by atomic mass is 10.1. The number of amides is 1. The summed E-state index contributed by atoms with van der Waals surface area (Å²) in [5.41, 5.74) is 4.08. The molecule has 0 aromatic heterocycles. The lowest BCUT2D eigenvalue weighted by Crippen LogP contribution is -3.15. The van der Waals surface area contributed by atoms with E-state index in [-0.39, 0.29) is 17.3 Å². The van der Waals surface area contributed by atoms with Crippen molar-refractivity contribution < 1.29 is 23.2 Å². The molecule has 5 nitrogen and oxygen atoms in total. The molecule has 1 heterocycles. The van der Waals surface area contributed by atoms with E-state index in [9.17, 15) is 13.6 Å². The molecule has 0 saturated carbocycles. The molecule has 7 heteroatoms. The number of halogens is 2. The van der Waals surface area contributed by atoms with Gasteiger partial charge in [0.2, 0.25) is 0 Å². The highest BCUT2D eigenvalue weighted by atomic mass is 19.3. The predicted octanol–water partition coefficient (Wildman–Crippen LogP) is 2.25. The number of hydrogen-bond donors (Lipinski definition) is 2. The Morgan fingerprint density at radius 1 is 1.14 bits per heavy atom. The van der Waals surface area contributed by atoms with Gasteiger partial charge in [-0.05, 0) is 43.2 Å². The van der Waals surface area contributed by atoms with Crippen LogP contribution in [0, 0.1) is 13.8 Å². The van der Waals surface area contributed by atoms with E-state index in [0.29, 0.717) is 6.54 Å². The average Bonchev–Trinajstić information content (AvgIpc) is 2.66. The highest BCUT2D eigenvalue weighted by molar-refractivity contribution is 5.92. The molecule has 0 bridgehead atoms. The van der Waals surface area contributed by atoms with Crippen molar-refractivity contribution >= 4 is 17.3 Å². The molecule has 3 rings (SSSR count). The van der Waals surface area contributed by atoms with E-state index < -0.39 is 6.61 Å². The van der Waals surface area contributed by atoms with Gasteiger partial charge in [-0.3, -0.25) is 4.79 Å². The number of piperazine rings is 1. The fraction of sp³-hybridized carbons (Fsp3) is 0.381. The first kappa shape index (κ1) is 20.1. The molecular formula is C21H26F2N3O2+. The van der Waals surface area contributed by atoms with Crippen LogP contribution < -0.4 is 19.9 Å². The van der Waals surface area contributed by atoms with Crippen LogP contribution in [0.5, 0.6) is 5.75 Å². The second-order valence-electron chi connectivity index (χ2n) is 7.06. The Bertz CT molecular complexity index is 821. The van der Waals surface area contributed by atoms with Crippen molar-refractivity contribution in [2.75, 3.05) is 42.9 Å². The van der Waals surface area contributed by atoms with Crippen molar-refractivity contribution in [3.63, 3.8) is 0 Å². The van der Waals surface area contributed by atoms with Crippen molar-refractivity contribution in [2.45, 2.75) is 20.5 Å². The fourth-order valence-electron chi connectivity index (χ4n) is 3.51. The third-order valence-corrected chi connectivity index (χ3v) is 5.18. The summed E-state index contributed by atoms with van der Waals surface area (Å²) in [6, 6.07) is 12.6. The maximum atomic E-state index is 12.5. The summed E-state index contributed by atoms with van der Waals surface area (Å²) < 4.78 is 29.5. The van der Waals surface area contributed by atoms with Gasteiger partial charge in [-0.2, -0.15) is 8.78 Å². The summed E-state index contributed by atoms with van der Waals surface area (Å²) in [5.74, 6) is -0.235. The number of hydrogen-bond acceptors (Lipinski definition) is 3. The maximum Gasteiger partial charge on any atom is 0.387 e. The monoisotopic (exact) mass is 390 g/mol. The second-order valence-corrected chi connectivity index (χ2v) is 7.06. The van der Waals surface area contributed by atoms with E-state index in [1.165, 1.54) is 27.8 Å². The van der Waals surface area contributed by atoms with Crippen LogP contribution in [0.3, 0.4) is 0 Å². The van der Waals surface area contributed by atoms with Gasteiger partial charge in [-0.25, -0.2) is 0 Å². The SMILES string of the molecule is Cc1cccc(N2CC[NH+](CC(=O)Nc3ccccc3OC(F)F)CC2)c1C. The summed E-state index contributed by atoms with van der Waals surface area (Å²) in [5, 5.41) is 2.69. The Hall–Kier alpha value is -2.67. The predicted molar refractivity (Wildman–Crippen MR) is 105 cm³/mol. The molecule has 1 amide bonds. The van der Waals surface area contributed by atoms with Gasteiger partial charge in [0.05, 0.1) is 31.9 Å². The van der Waals surface area contributed by atoms with Crippen LogP contribution in [-0.4, -0.2) is 45.2 Å². The summed E-state index contributed by atoms with van der Waals surface area (Å²) in [4.78, 5) is 15.9. The summed E-state index contributed by atoms with van der Waals surface area (Å²) in [6.45, 7) is 5.05. The first-order valence-corrected chi connectivity index (χ1v) is 9.42. The average molecular weight is 390 g/mol. The number of para-hydroxylation sites is 2. The van der Waals surface area contributed by atoms with Crippen LogP contribution in [0.25, 0.3) is 0 Å². The zero-order chi connectivity index (χ0) is 20.1. The highest BCUT2D eigenvalue weighted by Gasteiger charge is 2.24. The third-order valence-electron chi connectivity index (χ3n) is 5.18.